The van der Waals surface area contributed by atoms with Crippen molar-refractivity contribution in [3.8, 4) is 0 Å². The van der Waals surface area contributed by atoms with Crippen LogP contribution in [0, 0.1) is 0 Å². The molecule has 1 aromatic rings. The van der Waals surface area contributed by atoms with Crippen molar-refractivity contribution in [1.29, 1.82) is 0 Å². The Morgan fingerprint density at radius 2 is 2.06 bits per heavy atom. The number of carbonyl (C=O) groups is 1. The molecular formula is C13H19NO2S. The molecule has 0 radical (unpaired) electrons. The maximum absolute atomic E-state index is 11.2. The number of thioether (sulfide) groups is 1. The molecule has 3 nitrogen and oxygen atoms in total. The lowest BCUT2D eigenvalue weighted by atomic mass is 10.1. The molecule has 0 saturated carbocycles. The first kappa shape index (κ1) is 14.1. The zero-order valence-electron chi connectivity index (χ0n) is 10.3. The number of likely N-dealkylation sites (N-methyl/N-ethyl adjacent to an activating group) is 1. The van der Waals surface area contributed by atoms with E-state index in [1.165, 1.54) is 5.56 Å². The highest BCUT2D eigenvalue weighted by atomic mass is 32.2. The maximum Gasteiger partial charge on any atom is 0.324 e. The fourth-order valence-corrected chi connectivity index (χ4v) is 2.69. The van der Waals surface area contributed by atoms with Gasteiger partial charge in [0.05, 0.1) is 0 Å². The van der Waals surface area contributed by atoms with Crippen molar-refractivity contribution in [3.63, 3.8) is 0 Å². The number of hydrogen-bond acceptors (Lipinski definition) is 3. The maximum atomic E-state index is 11.2. The molecule has 0 saturated heterocycles. The van der Waals surface area contributed by atoms with Crippen LogP contribution in [0.15, 0.2) is 30.3 Å². The molecule has 2 N–H and O–H groups in total. The van der Waals surface area contributed by atoms with Crippen molar-refractivity contribution < 1.29 is 9.90 Å². The summed E-state index contributed by atoms with van der Waals surface area (Å²) in [6.45, 7) is 4.31. The van der Waals surface area contributed by atoms with Crippen molar-refractivity contribution in [2.24, 2.45) is 0 Å². The van der Waals surface area contributed by atoms with Gasteiger partial charge in [-0.1, -0.05) is 37.3 Å². The summed E-state index contributed by atoms with van der Waals surface area (Å²) in [6.07, 6.45) is 0. The van der Waals surface area contributed by atoms with Crippen LogP contribution < -0.4 is 5.32 Å². The summed E-state index contributed by atoms with van der Waals surface area (Å²) in [5.74, 6) is 0.611. The molecule has 0 aliphatic heterocycles. The number of carboxylic acid groups (broad SMARTS) is 1. The summed E-state index contributed by atoms with van der Waals surface area (Å²) in [6, 6.07) is 10.1. The number of carboxylic acids is 1. The molecule has 94 valence electrons. The quantitative estimate of drug-likeness (QED) is 0.783. The highest BCUT2D eigenvalue weighted by Gasteiger charge is 2.31. The Hall–Kier alpha value is -1.00. The smallest absolute Gasteiger partial charge is 0.324 e. The summed E-state index contributed by atoms with van der Waals surface area (Å²) in [7, 11) is 0. The zero-order chi connectivity index (χ0) is 12.7. The van der Waals surface area contributed by atoms with Gasteiger partial charge in [-0.2, -0.15) is 11.8 Å². The van der Waals surface area contributed by atoms with Gasteiger partial charge in [-0.3, -0.25) is 4.79 Å². The number of benzene rings is 1. The minimum Gasteiger partial charge on any atom is -0.480 e. The second-order valence-corrected chi connectivity index (χ2v) is 5.13. The fourth-order valence-electron chi connectivity index (χ4n) is 1.53. The lowest BCUT2D eigenvalue weighted by Gasteiger charge is -2.25. The molecule has 0 aromatic heterocycles. The second kappa shape index (κ2) is 6.67. The molecule has 17 heavy (non-hydrogen) atoms. The minimum absolute atomic E-state index is 0.561. The topological polar surface area (TPSA) is 49.3 Å². The first-order valence-corrected chi connectivity index (χ1v) is 6.84. The molecule has 0 aliphatic carbocycles. The van der Waals surface area contributed by atoms with Gasteiger partial charge in [-0.15, -0.1) is 0 Å². The van der Waals surface area contributed by atoms with Gasteiger partial charge in [0.2, 0.25) is 0 Å². The lowest BCUT2D eigenvalue weighted by molar-refractivity contribution is -0.143. The monoisotopic (exact) mass is 253 g/mol. The number of nitrogens with one attached hydrogen (secondary N) is 1. The predicted octanol–water partition coefficient (Wildman–Crippen LogP) is 2.37. The third kappa shape index (κ3) is 4.40. The van der Waals surface area contributed by atoms with Crippen LogP contribution in [-0.4, -0.2) is 28.9 Å². The fraction of sp³-hybridized carbons (Fsp3) is 0.462. The molecule has 0 amide bonds. The molecule has 0 aliphatic rings. The van der Waals surface area contributed by atoms with E-state index in [4.69, 9.17) is 0 Å². The second-order valence-electron chi connectivity index (χ2n) is 4.15. The lowest BCUT2D eigenvalue weighted by Crippen LogP contribution is -2.51. The van der Waals surface area contributed by atoms with E-state index in [-0.39, 0.29) is 0 Å². The highest BCUT2D eigenvalue weighted by molar-refractivity contribution is 7.98. The molecule has 0 spiro atoms. The van der Waals surface area contributed by atoms with Crippen molar-refractivity contribution in [3.05, 3.63) is 35.9 Å². The van der Waals surface area contributed by atoms with Gasteiger partial charge in [-0.25, -0.2) is 0 Å². The SMILES string of the molecule is CCNC(C)(CSCc1ccccc1)C(=O)O. The largest absolute Gasteiger partial charge is 0.480 e. The Balaban J connectivity index is 2.45. The standard InChI is InChI=1S/C13H19NO2S/c1-3-14-13(2,12(15)16)10-17-9-11-7-5-4-6-8-11/h4-8,14H,3,9-10H2,1-2H3,(H,15,16). The van der Waals surface area contributed by atoms with E-state index in [2.05, 4.69) is 17.4 Å². The Labute approximate surface area is 107 Å². The van der Waals surface area contributed by atoms with Gasteiger partial charge in [0, 0.05) is 11.5 Å². The van der Waals surface area contributed by atoms with Crippen molar-refractivity contribution in [2.45, 2.75) is 25.1 Å². The summed E-state index contributed by atoms with van der Waals surface area (Å²) >= 11 is 1.64. The van der Waals surface area contributed by atoms with Gasteiger partial charge in [0.1, 0.15) is 5.54 Å². The van der Waals surface area contributed by atoms with E-state index in [0.717, 1.165) is 5.75 Å². The first-order valence-electron chi connectivity index (χ1n) is 5.68. The molecule has 1 rings (SSSR count). The van der Waals surface area contributed by atoms with E-state index in [9.17, 15) is 9.90 Å². The van der Waals surface area contributed by atoms with Crippen LogP contribution in [0.1, 0.15) is 19.4 Å². The highest BCUT2D eigenvalue weighted by Crippen LogP contribution is 2.18. The Bertz CT molecular complexity index is 356. The molecule has 1 atom stereocenters. The van der Waals surface area contributed by atoms with E-state index in [1.54, 1.807) is 18.7 Å². The zero-order valence-corrected chi connectivity index (χ0v) is 11.1. The van der Waals surface area contributed by atoms with E-state index in [0.29, 0.717) is 12.3 Å². The Kier molecular flexibility index (Phi) is 5.51. The first-order chi connectivity index (χ1) is 8.08. The molecule has 1 unspecified atom stereocenters. The van der Waals surface area contributed by atoms with Crippen LogP contribution in [0.4, 0.5) is 0 Å². The minimum atomic E-state index is -0.839. The van der Waals surface area contributed by atoms with Crippen molar-refractivity contribution in [1.82, 2.24) is 5.32 Å². The van der Waals surface area contributed by atoms with Crippen LogP contribution >= 0.6 is 11.8 Å². The average Bonchev–Trinajstić information content (AvgIpc) is 2.30. The third-order valence-corrected chi connectivity index (χ3v) is 3.86. The third-order valence-electron chi connectivity index (χ3n) is 2.54. The number of rotatable bonds is 7. The van der Waals surface area contributed by atoms with Crippen LogP contribution in [0.25, 0.3) is 0 Å². The van der Waals surface area contributed by atoms with Gasteiger partial charge in [0.25, 0.3) is 0 Å². The normalized spacial score (nSPS) is 14.2. The van der Waals surface area contributed by atoms with Crippen molar-refractivity contribution in [2.75, 3.05) is 12.3 Å². The van der Waals surface area contributed by atoms with E-state index < -0.39 is 11.5 Å². The van der Waals surface area contributed by atoms with Crippen LogP contribution in [0.5, 0.6) is 0 Å². The average molecular weight is 253 g/mol. The molecular weight excluding hydrogens is 234 g/mol. The van der Waals surface area contributed by atoms with Crippen LogP contribution in [0.3, 0.4) is 0 Å². The van der Waals surface area contributed by atoms with E-state index >= 15 is 0 Å². The molecule has 4 heteroatoms. The van der Waals surface area contributed by atoms with Crippen LogP contribution in [-0.2, 0) is 10.5 Å². The van der Waals surface area contributed by atoms with Gasteiger partial charge in [-0.05, 0) is 19.0 Å². The number of aliphatic carboxylic acids is 1. The summed E-state index contributed by atoms with van der Waals surface area (Å²) in [5.41, 5.74) is 0.385. The Morgan fingerprint density at radius 3 is 2.59 bits per heavy atom. The van der Waals surface area contributed by atoms with Gasteiger partial charge in [0.15, 0.2) is 0 Å². The van der Waals surface area contributed by atoms with E-state index in [1.807, 2.05) is 25.1 Å². The molecule has 0 heterocycles. The summed E-state index contributed by atoms with van der Waals surface area (Å²) in [4.78, 5) is 11.2. The van der Waals surface area contributed by atoms with Gasteiger partial charge < -0.3 is 10.4 Å². The number of hydrogen-bond donors (Lipinski definition) is 2. The van der Waals surface area contributed by atoms with Crippen LogP contribution in [0.2, 0.25) is 0 Å². The summed E-state index contributed by atoms with van der Waals surface area (Å²) < 4.78 is 0. The summed E-state index contributed by atoms with van der Waals surface area (Å²) in [5, 5.41) is 12.2. The van der Waals surface area contributed by atoms with Crippen molar-refractivity contribution >= 4 is 17.7 Å². The molecule has 0 fully saturated rings. The Morgan fingerprint density at radius 1 is 1.41 bits per heavy atom. The molecule has 0 bridgehead atoms. The molecule has 1 aromatic carbocycles. The van der Waals surface area contributed by atoms with Gasteiger partial charge >= 0.3 is 5.97 Å². The predicted molar refractivity (Wildman–Crippen MR) is 72.3 cm³/mol.